The average molecular weight is 233 g/mol. The maximum Gasteiger partial charge on any atom is 0.224 e. The standard InChI is InChI=1S/C12H15N3O2/c1-12(2,11(13)16)7-15-10-8-4-6-17-9(8)3-5-14-10/h3-6H,7H2,1-2H3,(H2,13,16)(H,14,15). The number of carbonyl (C=O) groups is 1. The first-order valence-corrected chi connectivity index (χ1v) is 5.37. The second-order valence-corrected chi connectivity index (χ2v) is 4.59. The van der Waals surface area contributed by atoms with Gasteiger partial charge in [-0.15, -0.1) is 0 Å². The largest absolute Gasteiger partial charge is 0.464 e. The first kappa shape index (κ1) is 11.4. The van der Waals surface area contributed by atoms with Crippen LogP contribution in [0.15, 0.2) is 29.0 Å². The summed E-state index contributed by atoms with van der Waals surface area (Å²) in [6.07, 6.45) is 3.27. The van der Waals surface area contributed by atoms with Crippen molar-refractivity contribution in [1.82, 2.24) is 4.98 Å². The van der Waals surface area contributed by atoms with E-state index in [4.69, 9.17) is 10.2 Å². The predicted molar refractivity (Wildman–Crippen MR) is 65.5 cm³/mol. The Kier molecular flexibility index (Phi) is 2.75. The molecule has 2 aromatic rings. The van der Waals surface area contributed by atoms with Gasteiger partial charge in [-0.05, 0) is 26.0 Å². The van der Waals surface area contributed by atoms with Crippen LogP contribution in [0.1, 0.15) is 13.8 Å². The first-order valence-electron chi connectivity index (χ1n) is 5.37. The third kappa shape index (κ3) is 2.22. The molecule has 0 spiro atoms. The molecule has 0 saturated heterocycles. The minimum atomic E-state index is -0.617. The van der Waals surface area contributed by atoms with E-state index in [2.05, 4.69) is 10.3 Å². The summed E-state index contributed by atoms with van der Waals surface area (Å²) in [6, 6.07) is 3.63. The topological polar surface area (TPSA) is 81.2 Å². The average Bonchev–Trinajstić information content (AvgIpc) is 2.74. The van der Waals surface area contributed by atoms with Gasteiger partial charge in [-0.3, -0.25) is 4.79 Å². The van der Waals surface area contributed by atoms with Gasteiger partial charge in [0.25, 0.3) is 0 Å². The molecule has 0 aromatic carbocycles. The van der Waals surface area contributed by atoms with Gasteiger partial charge in [-0.1, -0.05) is 0 Å². The van der Waals surface area contributed by atoms with E-state index in [1.165, 1.54) is 0 Å². The number of hydrogen-bond donors (Lipinski definition) is 2. The monoisotopic (exact) mass is 233 g/mol. The molecule has 2 aromatic heterocycles. The van der Waals surface area contributed by atoms with Crippen molar-refractivity contribution in [3.8, 4) is 0 Å². The molecule has 0 saturated carbocycles. The molecular formula is C12H15N3O2. The Morgan fingerprint density at radius 3 is 3.00 bits per heavy atom. The number of anilines is 1. The fraction of sp³-hybridized carbons (Fsp3) is 0.333. The van der Waals surface area contributed by atoms with Crippen molar-refractivity contribution in [1.29, 1.82) is 0 Å². The number of nitrogens with zero attached hydrogens (tertiary/aromatic N) is 1. The van der Waals surface area contributed by atoms with Crippen molar-refractivity contribution >= 4 is 22.7 Å². The van der Waals surface area contributed by atoms with E-state index in [9.17, 15) is 4.79 Å². The third-order valence-electron chi connectivity index (χ3n) is 2.74. The summed E-state index contributed by atoms with van der Waals surface area (Å²) in [5.74, 6) is 0.356. The van der Waals surface area contributed by atoms with E-state index in [-0.39, 0.29) is 5.91 Å². The number of aromatic nitrogens is 1. The highest BCUT2D eigenvalue weighted by atomic mass is 16.3. The maximum atomic E-state index is 11.2. The van der Waals surface area contributed by atoms with Crippen molar-refractivity contribution in [2.75, 3.05) is 11.9 Å². The lowest BCUT2D eigenvalue weighted by atomic mass is 9.93. The Labute approximate surface area is 99.0 Å². The van der Waals surface area contributed by atoms with Crippen molar-refractivity contribution in [2.24, 2.45) is 11.1 Å². The highest BCUT2D eigenvalue weighted by Crippen LogP contribution is 2.23. The predicted octanol–water partition coefficient (Wildman–Crippen LogP) is 1.75. The summed E-state index contributed by atoms with van der Waals surface area (Å²) >= 11 is 0. The van der Waals surface area contributed by atoms with E-state index < -0.39 is 5.41 Å². The van der Waals surface area contributed by atoms with Gasteiger partial charge in [0.1, 0.15) is 11.4 Å². The molecule has 0 atom stereocenters. The van der Waals surface area contributed by atoms with E-state index in [1.807, 2.05) is 6.07 Å². The smallest absolute Gasteiger partial charge is 0.224 e. The molecule has 0 aliphatic heterocycles. The Bertz CT molecular complexity index is 545. The number of nitrogens with one attached hydrogen (secondary N) is 1. The lowest BCUT2D eigenvalue weighted by Crippen LogP contribution is -2.37. The maximum absolute atomic E-state index is 11.2. The van der Waals surface area contributed by atoms with Crippen molar-refractivity contribution in [3.05, 3.63) is 24.6 Å². The number of primary amides is 1. The van der Waals surface area contributed by atoms with Gasteiger partial charge < -0.3 is 15.5 Å². The number of hydrogen-bond acceptors (Lipinski definition) is 4. The van der Waals surface area contributed by atoms with E-state index in [0.717, 1.165) is 11.0 Å². The summed E-state index contributed by atoms with van der Waals surface area (Å²) in [6.45, 7) is 4.01. The van der Waals surface area contributed by atoms with Crippen LogP contribution in [0.25, 0.3) is 11.0 Å². The van der Waals surface area contributed by atoms with Crippen LogP contribution in [-0.2, 0) is 4.79 Å². The Balaban J connectivity index is 2.19. The molecule has 0 bridgehead atoms. The SMILES string of the molecule is CC(C)(CNc1nccc2occc12)C(N)=O. The van der Waals surface area contributed by atoms with Gasteiger partial charge in [0.15, 0.2) is 0 Å². The Hall–Kier alpha value is -2.04. The van der Waals surface area contributed by atoms with Crippen molar-refractivity contribution in [3.63, 3.8) is 0 Å². The molecule has 2 rings (SSSR count). The molecule has 1 amide bonds. The molecule has 5 heteroatoms. The van der Waals surface area contributed by atoms with Crippen LogP contribution in [0.3, 0.4) is 0 Å². The Morgan fingerprint density at radius 2 is 2.29 bits per heavy atom. The highest BCUT2D eigenvalue weighted by molar-refractivity contribution is 5.88. The minimum Gasteiger partial charge on any atom is -0.464 e. The number of rotatable bonds is 4. The van der Waals surface area contributed by atoms with Crippen LogP contribution >= 0.6 is 0 Å². The Morgan fingerprint density at radius 1 is 1.53 bits per heavy atom. The number of pyridine rings is 1. The van der Waals surface area contributed by atoms with E-state index in [0.29, 0.717) is 12.4 Å². The molecule has 2 heterocycles. The molecular weight excluding hydrogens is 218 g/mol. The quantitative estimate of drug-likeness (QED) is 0.843. The third-order valence-corrected chi connectivity index (χ3v) is 2.74. The molecule has 0 aliphatic rings. The molecule has 17 heavy (non-hydrogen) atoms. The van der Waals surface area contributed by atoms with Crippen LogP contribution in [0, 0.1) is 5.41 Å². The lowest BCUT2D eigenvalue weighted by molar-refractivity contribution is -0.125. The van der Waals surface area contributed by atoms with Gasteiger partial charge in [0, 0.05) is 12.7 Å². The highest BCUT2D eigenvalue weighted by Gasteiger charge is 2.24. The van der Waals surface area contributed by atoms with Gasteiger partial charge in [-0.2, -0.15) is 0 Å². The fourth-order valence-corrected chi connectivity index (χ4v) is 1.43. The first-order chi connectivity index (χ1) is 8.00. The second-order valence-electron chi connectivity index (χ2n) is 4.59. The minimum absolute atomic E-state index is 0.343. The molecule has 3 N–H and O–H groups in total. The number of amides is 1. The van der Waals surface area contributed by atoms with Crippen LogP contribution in [0.5, 0.6) is 0 Å². The van der Waals surface area contributed by atoms with Gasteiger partial charge in [0.2, 0.25) is 5.91 Å². The number of nitrogens with two attached hydrogens (primary N) is 1. The van der Waals surface area contributed by atoms with Gasteiger partial charge in [-0.25, -0.2) is 4.98 Å². The fourth-order valence-electron chi connectivity index (χ4n) is 1.43. The zero-order valence-corrected chi connectivity index (χ0v) is 9.86. The summed E-state index contributed by atoms with van der Waals surface area (Å²) in [4.78, 5) is 15.4. The molecule has 0 unspecified atom stereocenters. The second kappa shape index (κ2) is 4.08. The normalized spacial score (nSPS) is 11.6. The molecule has 0 radical (unpaired) electrons. The van der Waals surface area contributed by atoms with Gasteiger partial charge in [0.05, 0.1) is 17.1 Å². The lowest BCUT2D eigenvalue weighted by Gasteiger charge is -2.21. The summed E-state index contributed by atoms with van der Waals surface area (Å²) in [7, 11) is 0. The summed E-state index contributed by atoms with van der Waals surface area (Å²) in [5, 5.41) is 4.02. The van der Waals surface area contributed by atoms with Crippen LogP contribution in [0.4, 0.5) is 5.82 Å². The van der Waals surface area contributed by atoms with Crippen LogP contribution in [0.2, 0.25) is 0 Å². The van der Waals surface area contributed by atoms with Gasteiger partial charge >= 0.3 is 0 Å². The van der Waals surface area contributed by atoms with E-state index in [1.54, 1.807) is 32.4 Å². The molecule has 5 nitrogen and oxygen atoms in total. The summed E-state index contributed by atoms with van der Waals surface area (Å²) in [5.41, 5.74) is 5.45. The van der Waals surface area contributed by atoms with Crippen LogP contribution < -0.4 is 11.1 Å². The van der Waals surface area contributed by atoms with E-state index >= 15 is 0 Å². The molecule has 90 valence electrons. The van der Waals surface area contributed by atoms with Crippen LogP contribution in [-0.4, -0.2) is 17.4 Å². The molecule has 0 aliphatic carbocycles. The van der Waals surface area contributed by atoms with Crippen molar-refractivity contribution < 1.29 is 9.21 Å². The van der Waals surface area contributed by atoms with Crippen molar-refractivity contribution in [2.45, 2.75) is 13.8 Å². The summed E-state index contributed by atoms with van der Waals surface area (Å²) < 4.78 is 5.27. The number of carbonyl (C=O) groups excluding carboxylic acids is 1. The molecule has 0 fully saturated rings. The number of fused-ring (bicyclic) bond motifs is 1. The number of furan rings is 1. The zero-order valence-electron chi connectivity index (χ0n) is 9.86. The zero-order chi connectivity index (χ0) is 12.5.